The van der Waals surface area contributed by atoms with Crippen molar-refractivity contribution < 1.29 is 8.42 Å². The van der Waals surface area contributed by atoms with Gasteiger partial charge in [-0.05, 0) is 0 Å². The molecule has 4 heteroatoms. The summed E-state index contributed by atoms with van der Waals surface area (Å²) in [5, 5.41) is 0. The van der Waals surface area contributed by atoms with Gasteiger partial charge in [0.2, 0.25) is 0 Å². The molecule has 0 heterocycles. The van der Waals surface area contributed by atoms with Gasteiger partial charge in [-0.1, -0.05) is 13.5 Å². The van der Waals surface area contributed by atoms with Crippen LogP contribution >= 0.6 is 0 Å². The van der Waals surface area contributed by atoms with Crippen LogP contribution in [0.2, 0.25) is 0 Å². The summed E-state index contributed by atoms with van der Waals surface area (Å²) in [6.45, 7) is 0. The SMILES string of the molecule is O=S=O.[SH3+]. The Labute approximate surface area is 34.3 Å². The molecule has 0 unspecified atom stereocenters. The molecule has 0 aliphatic carbocycles. The predicted octanol–water partition coefficient (Wildman–Crippen LogP) is -1.48. The fourth-order valence-electron chi connectivity index (χ4n) is 0. The smallest absolute Gasteiger partial charge is 0.168 e. The Kier molecular flexibility index (Phi) is 24.3. The van der Waals surface area contributed by atoms with Gasteiger partial charge in [-0.3, -0.25) is 0 Å². The maximum atomic E-state index is 8.29. The summed E-state index contributed by atoms with van der Waals surface area (Å²) in [5.41, 5.74) is 0. The van der Waals surface area contributed by atoms with Crippen LogP contribution in [-0.2, 0) is 25.1 Å². The first kappa shape index (κ1) is 8.90. The van der Waals surface area contributed by atoms with E-state index in [4.69, 9.17) is 8.42 Å². The molecule has 0 atom stereocenters. The molecule has 0 aromatic rings. The predicted molar refractivity (Wildman–Crippen MR) is 20.5 cm³/mol. The normalized spacial score (nSPS) is 3.00. The van der Waals surface area contributed by atoms with E-state index in [2.05, 4.69) is 0 Å². The van der Waals surface area contributed by atoms with E-state index in [0.29, 0.717) is 0 Å². The quantitative estimate of drug-likeness (QED) is 0.347. The first-order valence-electron chi connectivity index (χ1n) is 0.333. The molecular weight excluding hydrogens is 96.1 g/mol. The van der Waals surface area contributed by atoms with Crippen LogP contribution < -0.4 is 0 Å². The van der Waals surface area contributed by atoms with E-state index in [1.807, 2.05) is 0 Å². The molecule has 0 radical (unpaired) electrons. The summed E-state index contributed by atoms with van der Waals surface area (Å²) in [6.07, 6.45) is 0. The molecule has 0 bridgehead atoms. The molecule has 0 saturated heterocycles. The highest BCUT2D eigenvalue weighted by Crippen LogP contribution is 0.846. The largest absolute Gasteiger partial charge is 0.335 e. The summed E-state index contributed by atoms with van der Waals surface area (Å²) in [4.78, 5) is 0. The van der Waals surface area contributed by atoms with Gasteiger partial charge in [0.25, 0.3) is 0 Å². The van der Waals surface area contributed by atoms with E-state index in [1.165, 1.54) is 0 Å². The molecule has 0 aromatic heterocycles. The van der Waals surface area contributed by atoms with Gasteiger partial charge in [0.15, 0.2) is 0 Å². The van der Waals surface area contributed by atoms with E-state index >= 15 is 0 Å². The average Bonchev–Trinajstić information content (AvgIpc) is 0.918. The molecule has 2 nitrogen and oxygen atoms in total. The van der Waals surface area contributed by atoms with E-state index < -0.39 is 11.6 Å². The van der Waals surface area contributed by atoms with Crippen molar-refractivity contribution in [1.82, 2.24) is 0 Å². The Hall–Kier alpha value is 0.170. The second-order valence-corrected chi connectivity index (χ2v) is 0.204. The van der Waals surface area contributed by atoms with Crippen molar-refractivity contribution in [1.29, 1.82) is 0 Å². The summed E-state index contributed by atoms with van der Waals surface area (Å²) >= 11 is -0.750. The lowest BCUT2D eigenvalue weighted by Gasteiger charge is -0.947. The van der Waals surface area contributed by atoms with Crippen molar-refractivity contribution in [3.05, 3.63) is 0 Å². The van der Waals surface area contributed by atoms with Crippen LogP contribution in [0.25, 0.3) is 0 Å². The molecule has 0 aliphatic rings. The first-order chi connectivity index (χ1) is 1.41. The molecule has 0 aliphatic heterocycles. The van der Waals surface area contributed by atoms with Gasteiger partial charge in [0.1, 0.15) is 0 Å². The second kappa shape index (κ2) is 10.9. The molecule has 0 aromatic carbocycles. The Morgan fingerprint density at radius 2 is 1.25 bits per heavy atom. The molecule has 0 N–H and O–H groups in total. The van der Waals surface area contributed by atoms with Gasteiger partial charge in [-0.15, -0.1) is 0 Å². The van der Waals surface area contributed by atoms with Crippen molar-refractivity contribution in [2.75, 3.05) is 0 Å². The average molecular weight is 99.2 g/mol. The molecule has 0 fully saturated rings. The zero-order valence-electron chi connectivity index (χ0n) is 1.80. The Morgan fingerprint density at radius 1 is 1.25 bits per heavy atom. The third-order valence-electron chi connectivity index (χ3n) is 0. The molecule has 0 rings (SSSR count). The van der Waals surface area contributed by atoms with Crippen molar-refractivity contribution in [2.45, 2.75) is 0 Å². The maximum Gasteiger partial charge on any atom is 0.335 e. The number of hydrogen-bond donors (Lipinski definition) is 0. The van der Waals surface area contributed by atoms with Crippen LogP contribution in [0.5, 0.6) is 0 Å². The van der Waals surface area contributed by atoms with Gasteiger partial charge in [-0.25, -0.2) is 0 Å². The van der Waals surface area contributed by atoms with Crippen LogP contribution in [0.4, 0.5) is 0 Å². The lowest BCUT2D eigenvalue weighted by Crippen LogP contribution is -1.18. The van der Waals surface area contributed by atoms with Crippen molar-refractivity contribution in [3.8, 4) is 0 Å². The summed E-state index contributed by atoms with van der Waals surface area (Å²) in [6, 6.07) is 0. The second-order valence-electron chi connectivity index (χ2n) is 0.0680. The lowest BCUT2D eigenvalue weighted by molar-refractivity contribution is 0.630. The van der Waals surface area contributed by atoms with Gasteiger partial charge < -0.3 is 0 Å². The topological polar surface area (TPSA) is 34.1 Å². The summed E-state index contributed by atoms with van der Waals surface area (Å²) < 4.78 is 16.6. The molecular formula is H3O2S2+. The zero-order chi connectivity index (χ0) is 2.71. The fraction of sp³-hybridized carbons (Fsp3) is 0. The minimum atomic E-state index is -0.750. The highest BCUT2D eigenvalue weighted by Gasteiger charge is 1.12. The summed E-state index contributed by atoms with van der Waals surface area (Å²) in [7, 11) is 0. The molecule has 26 valence electrons. The van der Waals surface area contributed by atoms with E-state index in [9.17, 15) is 0 Å². The highest BCUT2D eigenvalue weighted by molar-refractivity contribution is 7.51. The third kappa shape index (κ3) is 103. The Bertz CT molecular complexity index is 25.0. The van der Waals surface area contributed by atoms with Gasteiger partial charge in [0, 0.05) is 0 Å². The monoisotopic (exact) mass is 99.0 g/mol. The van der Waals surface area contributed by atoms with E-state index in [0.717, 1.165) is 0 Å². The first-order valence-corrected chi connectivity index (χ1v) is 1.00. The number of hydrogen-bond acceptors (Lipinski definition) is 2. The van der Waals surface area contributed by atoms with E-state index in [-0.39, 0.29) is 13.5 Å². The van der Waals surface area contributed by atoms with Crippen LogP contribution in [0.3, 0.4) is 0 Å². The number of rotatable bonds is 0. The van der Waals surface area contributed by atoms with Crippen LogP contribution in [-0.4, -0.2) is 8.42 Å². The highest BCUT2D eigenvalue weighted by atomic mass is 32.1. The summed E-state index contributed by atoms with van der Waals surface area (Å²) in [5.74, 6) is 0. The van der Waals surface area contributed by atoms with Gasteiger partial charge in [0.05, 0.1) is 0 Å². The molecule has 0 spiro atoms. The maximum absolute atomic E-state index is 8.29. The van der Waals surface area contributed by atoms with E-state index in [1.54, 1.807) is 0 Å². The fourth-order valence-corrected chi connectivity index (χ4v) is 0. The minimum absolute atomic E-state index is 0. The lowest BCUT2D eigenvalue weighted by atomic mass is 15.9. The Balaban J connectivity index is 0. The Morgan fingerprint density at radius 3 is 1.25 bits per heavy atom. The molecule has 4 heavy (non-hydrogen) atoms. The van der Waals surface area contributed by atoms with Crippen molar-refractivity contribution in [3.63, 3.8) is 0 Å². The van der Waals surface area contributed by atoms with Crippen molar-refractivity contribution >= 4 is 25.1 Å². The van der Waals surface area contributed by atoms with Gasteiger partial charge >= 0.3 is 11.6 Å². The van der Waals surface area contributed by atoms with Crippen molar-refractivity contribution in [2.24, 2.45) is 0 Å². The zero-order valence-corrected chi connectivity index (χ0v) is 3.77. The van der Waals surface area contributed by atoms with Crippen LogP contribution in [0.15, 0.2) is 0 Å². The van der Waals surface area contributed by atoms with Gasteiger partial charge in [-0.2, -0.15) is 8.42 Å². The minimum Gasteiger partial charge on any atom is -0.168 e. The molecule has 0 saturated carbocycles. The third-order valence-corrected chi connectivity index (χ3v) is 0. The van der Waals surface area contributed by atoms with Crippen LogP contribution in [0, 0.1) is 0 Å². The molecule has 0 amide bonds. The van der Waals surface area contributed by atoms with Crippen LogP contribution in [0.1, 0.15) is 0 Å². The standard InChI is InChI=1S/O2S.H2S/c1-3-2;/h;1H2/p+1.